The topological polar surface area (TPSA) is 58.4 Å². The van der Waals surface area contributed by atoms with E-state index in [0.29, 0.717) is 12.5 Å². The number of nitrogens with two attached hydrogens (primary N) is 1. The molecule has 4 heteroatoms. The normalized spacial score (nSPS) is 17.3. The van der Waals surface area contributed by atoms with Crippen molar-refractivity contribution in [1.82, 2.24) is 10.2 Å². The summed E-state index contributed by atoms with van der Waals surface area (Å²) in [6.07, 6.45) is 9.05. The van der Waals surface area contributed by atoms with Gasteiger partial charge in [0.05, 0.1) is 0 Å². The van der Waals surface area contributed by atoms with E-state index in [4.69, 9.17) is 5.73 Å². The summed E-state index contributed by atoms with van der Waals surface area (Å²) in [4.78, 5) is 14.2. The first kappa shape index (κ1) is 16.2. The Balaban J connectivity index is 2.04. The van der Waals surface area contributed by atoms with E-state index in [1.165, 1.54) is 0 Å². The SMILES string of the molecule is C=CCN1CCC(NC(=O)CCCCCCN)CC1. The Morgan fingerprint density at radius 3 is 2.58 bits per heavy atom. The van der Waals surface area contributed by atoms with Crippen LogP contribution < -0.4 is 11.1 Å². The summed E-state index contributed by atoms with van der Waals surface area (Å²) in [5.74, 6) is 0.218. The van der Waals surface area contributed by atoms with Crippen molar-refractivity contribution in [2.75, 3.05) is 26.2 Å². The molecule has 1 amide bonds. The van der Waals surface area contributed by atoms with Crippen LogP contribution in [0.5, 0.6) is 0 Å². The van der Waals surface area contributed by atoms with Crippen molar-refractivity contribution in [3.63, 3.8) is 0 Å². The molecule has 1 aliphatic rings. The van der Waals surface area contributed by atoms with Gasteiger partial charge in [0.2, 0.25) is 5.91 Å². The molecule has 19 heavy (non-hydrogen) atoms. The molecule has 0 bridgehead atoms. The van der Waals surface area contributed by atoms with Crippen molar-refractivity contribution in [2.24, 2.45) is 5.73 Å². The Morgan fingerprint density at radius 1 is 1.26 bits per heavy atom. The lowest BCUT2D eigenvalue weighted by molar-refractivity contribution is -0.122. The lowest BCUT2D eigenvalue weighted by atomic mass is 10.0. The Morgan fingerprint density at radius 2 is 1.95 bits per heavy atom. The molecule has 1 rings (SSSR count). The van der Waals surface area contributed by atoms with Crippen LogP contribution in [-0.4, -0.2) is 43.0 Å². The number of nitrogens with one attached hydrogen (secondary N) is 1. The molecule has 1 heterocycles. The summed E-state index contributed by atoms with van der Waals surface area (Å²) in [5.41, 5.74) is 5.44. The molecule has 3 N–H and O–H groups in total. The highest BCUT2D eigenvalue weighted by atomic mass is 16.1. The van der Waals surface area contributed by atoms with Gasteiger partial charge in [0.25, 0.3) is 0 Å². The first-order chi connectivity index (χ1) is 9.26. The maximum atomic E-state index is 11.8. The van der Waals surface area contributed by atoms with Crippen LogP contribution in [0, 0.1) is 0 Å². The zero-order valence-corrected chi connectivity index (χ0v) is 12.1. The summed E-state index contributed by atoms with van der Waals surface area (Å²) in [7, 11) is 0. The molecule has 0 radical (unpaired) electrons. The molecule has 0 atom stereocenters. The molecule has 1 saturated heterocycles. The lowest BCUT2D eigenvalue weighted by Crippen LogP contribution is -2.44. The molecule has 1 fully saturated rings. The van der Waals surface area contributed by atoms with Crippen LogP contribution in [0.3, 0.4) is 0 Å². The number of likely N-dealkylation sites (tertiary alicyclic amines) is 1. The van der Waals surface area contributed by atoms with E-state index >= 15 is 0 Å². The fourth-order valence-corrected chi connectivity index (χ4v) is 2.53. The van der Waals surface area contributed by atoms with Gasteiger partial charge in [0.15, 0.2) is 0 Å². The second-order valence-corrected chi connectivity index (χ2v) is 5.38. The van der Waals surface area contributed by atoms with E-state index in [-0.39, 0.29) is 5.91 Å². The number of hydrogen-bond donors (Lipinski definition) is 2. The van der Waals surface area contributed by atoms with Crippen molar-refractivity contribution < 1.29 is 4.79 Å². The van der Waals surface area contributed by atoms with Crippen molar-refractivity contribution >= 4 is 5.91 Å². The highest BCUT2D eigenvalue weighted by molar-refractivity contribution is 5.76. The van der Waals surface area contributed by atoms with Gasteiger partial charge in [0, 0.05) is 32.1 Å². The minimum atomic E-state index is 0.218. The van der Waals surface area contributed by atoms with Crippen molar-refractivity contribution in [3.05, 3.63) is 12.7 Å². The van der Waals surface area contributed by atoms with E-state index < -0.39 is 0 Å². The summed E-state index contributed by atoms with van der Waals surface area (Å²) >= 11 is 0. The molecular formula is C15H29N3O. The van der Waals surface area contributed by atoms with Crippen LogP contribution in [-0.2, 0) is 4.79 Å². The van der Waals surface area contributed by atoms with Gasteiger partial charge in [0.1, 0.15) is 0 Å². The fourth-order valence-electron chi connectivity index (χ4n) is 2.53. The van der Waals surface area contributed by atoms with Gasteiger partial charge in [-0.05, 0) is 32.2 Å². The zero-order valence-electron chi connectivity index (χ0n) is 12.1. The van der Waals surface area contributed by atoms with Crippen LogP contribution in [0.4, 0.5) is 0 Å². The highest BCUT2D eigenvalue weighted by Gasteiger charge is 2.19. The summed E-state index contributed by atoms with van der Waals surface area (Å²) in [6, 6.07) is 0.373. The Bertz CT molecular complexity index is 260. The third-order valence-electron chi connectivity index (χ3n) is 3.70. The van der Waals surface area contributed by atoms with Crippen LogP contribution >= 0.6 is 0 Å². The Labute approximate surface area is 117 Å². The van der Waals surface area contributed by atoms with E-state index in [2.05, 4.69) is 16.8 Å². The summed E-state index contributed by atoms with van der Waals surface area (Å²) in [5, 5.41) is 3.16. The van der Waals surface area contributed by atoms with E-state index in [0.717, 1.165) is 64.7 Å². The molecule has 1 aliphatic heterocycles. The van der Waals surface area contributed by atoms with Gasteiger partial charge in [-0.15, -0.1) is 6.58 Å². The van der Waals surface area contributed by atoms with Crippen molar-refractivity contribution in [2.45, 2.75) is 51.0 Å². The van der Waals surface area contributed by atoms with E-state index in [1.807, 2.05) is 6.08 Å². The smallest absolute Gasteiger partial charge is 0.220 e. The van der Waals surface area contributed by atoms with Gasteiger partial charge in [-0.1, -0.05) is 18.9 Å². The number of unbranched alkanes of at least 4 members (excludes halogenated alkanes) is 3. The largest absolute Gasteiger partial charge is 0.353 e. The van der Waals surface area contributed by atoms with Crippen LogP contribution in [0.1, 0.15) is 44.9 Å². The quantitative estimate of drug-likeness (QED) is 0.493. The molecule has 0 saturated carbocycles. The van der Waals surface area contributed by atoms with Gasteiger partial charge < -0.3 is 11.1 Å². The predicted octanol–water partition coefficient (Wildman–Crippen LogP) is 1.66. The summed E-state index contributed by atoms with van der Waals surface area (Å²) < 4.78 is 0. The Kier molecular flexibility index (Phi) is 8.50. The summed E-state index contributed by atoms with van der Waals surface area (Å²) in [6.45, 7) is 7.60. The minimum Gasteiger partial charge on any atom is -0.353 e. The van der Waals surface area contributed by atoms with Gasteiger partial charge in [-0.25, -0.2) is 0 Å². The maximum Gasteiger partial charge on any atom is 0.220 e. The number of nitrogens with zero attached hydrogens (tertiary/aromatic N) is 1. The molecule has 110 valence electrons. The van der Waals surface area contributed by atoms with E-state index in [9.17, 15) is 4.79 Å². The molecule has 0 aromatic heterocycles. The van der Waals surface area contributed by atoms with Gasteiger partial charge in [-0.2, -0.15) is 0 Å². The molecule has 0 unspecified atom stereocenters. The second-order valence-electron chi connectivity index (χ2n) is 5.38. The number of carbonyl (C=O) groups is 1. The average Bonchev–Trinajstić information content (AvgIpc) is 2.41. The predicted molar refractivity (Wildman–Crippen MR) is 79.9 cm³/mol. The number of amides is 1. The number of rotatable bonds is 9. The molecule has 4 nitrogen and oxygen atoms in total. The third kappa shape index (κ3) is 7.33. The number of carbonyl (C=O) groups excluding carboxylic acids is 1. The fraction of sp³-hybridized carbons (Fsp3) is 0.800. The lowest BCUT2D eigenvalue weighted by Gasteiger charge is -2.31. The zero-order chi connectivity index (χ0) is 13.9. The monoisotopic (exact) mass is 267 g/mol. The van der Waals surface area contributed by atoms with Crippen LogP contribution in [0.15, 0.2) is 12.7 Å². The molecule has 0 spiro atoms. The standard InChI is InChI=1S/C15H29N3O/c1-2-11-18-12-8-14(9-13-18)17-15(19)7-5-3-4-6-10-16/h2,14H,1,3-13,16H2,(H,17,19). The molecule has 0 aliphatic carbocycles. The third-order valence-corrected chi connectivity index (χ3v) is 3.70. The average molecular weight is 267 g/mol. The second kappa shape index (κ2) is 9.98. The minimum absolute atomic E-state index is 0.218. The first-order valence-electron chi connectivity index (χ1n) is 7.59. The number of piperidine rings is 1. The van der Waals surface area contributed by atoms with Crippen molar-refractivity contribution in [3.8, 4) is 0 Å². The van der Waals surface area contributed by atoms with Gasteiger partial charge >= 0.3 is 0 Å². The number of hydrogen-bond acceptors (Lipinski definition) is 3. The first-order valence-corrected chi connectivity index (χ1v) is 7.59. The Hall–Kier alpha value is -0.870. The van der Waals surface area contributed by atoms with Crippen LogP contribution in [0.2, 0.25) is 0 Å². The molecule has 0 aromatic carbocycles. The maximum absolute atomic E-state index is 11.8. The van der Waals surface area contributed by atoms with Crippen LogP contribution in [0.25, 0.3) is 0 Å². The highest BCUT2D eigenvalue weighted by Crippen LogP contribution is 2.10. The van der Waals surface area contributed by atoms with E-state index in [1.54, 1.807) is 0 Å². The van der Waals surface area contributed by atoms with Crippen molar-refractivity contribution in [1.29, 1.82) is 0 Å². The van der Waals surface area contributed by atoms with Gasteiger partial charge in [-0.3, -0.25) is 9.69 Å². The molecular weight excluding hydrogens is 238 g/mol. The molecule has 0 aromatic rings.